The summed E-state index contributed by atoms with van der Waals surface area (Å²) in [6, 6.07) is 56.4. The van der Waals surface area contributed by atoms with Gasteiger partial charge in [-0.05, 0) is 82.9 Å². The largest absolute Gasteiger partial charge is 0.490 e. The van der Waals surface area contributed by atoms with Crippen LogP contribution in [0.3, 0.4) is 0 Å². The van der Waals surface area contributed by atoms with Crippen LogP contribution in [0.1, 0.15) is 47.2 Å². The van der Waals surface area contributed by atoms with Crippen molar-refractivity contribution < 1.29 is 9.47 Å². The summed E-state index contributed by atoms with van der Waals surface area (Å²) in [6.07, 6.45) is 8.94. The summed E-state index contributed by atoms with van der Waals surface area (Å²) in [6.45, 7) is 4.49. The van der Waals surface area contributed by atoms with E-state index in [1.54, 1.807) is 0 Å². The number of aliphatic imine (C=N–C) groups is 2. The first-order valence-electron chi connectivity index (χ1n) is 18.7. The van der Waals surface area contributed by atoms with Crippen molar-refractivity contribution in [1.29, 1.82) is 0 Å². The number of amidine groups is 2. The standard InChI is InChI=1S/C49H42N4O2/c1-3-36-22-26-41(27-23-36)51-49-32-46(38-14-8-5-9-15-38)53(49)43-28-30-45(31-29-43)55-35-44(4-2)54-34-37-20-24-39(25-21-37)47-33-48(50-40-16-10-6-11-17-40)52(47)42-18-12-7-13-19-42/h2-3,5-31,44,46-47H,1,32-35H2. The number of benzene rings is 6. The molecule has 3 atom stereocenters. The van der Waals surface area contributed by atoms with Gasteiger partial charge in [0.05, 0.1) is 30.1 Å². The lowest BCUT2D eigenvalue weighted by atomic mass is 9.91. The van der Waals surface area contributed by atoms with E-state index in [9.17, 15) is 0 Å². The van der Waals surface area contributed by atoms with Crippen LogP contribution in [-0.2, 0) is 11.3 Å². The van der Waals surface area contributed by atoms with E-state index in [-0.39, 0.29) is 18.7 Å². The van der Waals surface area contributed by atoms with E-state index < -0.39 is 6.10 Å². The third-order valence-corrected chi connectivity index (χ3v) is 10.1. The molecule has 0 aliphatic carbocycles. The predicted molar refractivity (Wildman–Crippen MR) is 226 cm³/mol. The lowest BCUT2D eigenvalue weighted by Crippen LogP contribution is -2.46. The predicted octanol–water partition coefficient (Wildman–Crippen LogP) is 11.3. The van der Waals surface area contributed by atoms with Crippen molar-refractivity contribution in [3.63, 3.8) is 0 Å². The second kappa shape index (κ2) is 16.6. The van der Waals surface area contributed by atoms with Gasteiger partial charge in [0.2, 0.25) is 0 Å². The van der Waals surface area contributed by atoms with E-state index in [0.717, 1.165) is 64.1 Å². The maximum atomic E-state index is 6.13. The third kappa shape index (κ3) is 8.13. The summed E-state index contributed by atoms with van der Waals surface area (Å²) in [4.78, 5) is 14.6. The van der Waals surface area contributed by atoms with Gasteiger partial charge in [-0.2, -0.15) is 0 Å². The van der Waals surface area contributed by atoms with Crippen LogP contribution >= 0.6 is 0 Å². The van der Waals surface area contributed by atoms with E-state index in [0.29, 0.717) is 6.61 Å². The summed E-state index contributed by atoms with van der Waals surface area (Å²) in [5, 5.41) is 0. The van der Waals surface area contributed by atoms with E-state index in [1.807, 2.05) is 84.9 Å². The number of para-hydroxylation sites is 2. The van der Waals surface area contributed by atoms with Crippen LogP contribution < -0.4 is 14.5 Å². The summed E-state index contributed by atoms with van der Waals surface area (Å²) >= 11 is 0. The molecule has 2 saturated heterocycles. The molecule has 0 amide bonds. The quantitative estimate of drug-likeness (QED) is 0.112. The highest BCUT2D eigenvalue weighted by Gasteiger charge is 2.37. The average Bonchev–Trinajstić information content (AvgIpc) is 3.23. The van der Waals surface area contributed by atoms with Gasteiger partial charge in [0.15, 0.2) is 6.10 Å². The average molecular weight is 719 g/mol. The van der Waals surface area contributed by atoms with Crippen LogP contribution in [-0.4, -0.2) is 24.4 Å². The van der Waals surface area contributed by atoms with Crippen molar-refractivity contribution in [2.45, 2.75) is 37.6 Å². The molecule has 0 aromatic heterocycles. The molecular formula is C49H42N4O2. The van der Waals surface area contributed by atoms with Crippen molar-refractivity contribution in [3.05, 3.63) is 193 Å². The molecule has 0 radical (unpaired) electrons. The summed E-state index contributed by atoms with van der Waals surface area (Å²) in [7, 11) is 0. The van der Waals surface area contributed by atoms with Gasteiger partial charge in [0.25, 0.3) is 0 Å². The summed E-state index contributed by atoms with van der Waals surface area (Å²) in [5.74, 6) is 5.56. The Labute approximate surface area is 323 Å². The molecule has 6 aromatic rings. The van der Waals surface area contributed by atoms with Gasteiger partial charge in [-0.1, -0.05) is 122 Å². The minimum Gasteiger partial charge on any atom is -0.490 e. The fraction of sp³-hybridized carbons (Fsp3) is 0.143. The molecule has 2 aliphatic heterocycles. The number of rotatable bonds is 13. The van der Waals surface area contributed by atoms with Crippen LogP contribution in [0.15, 0.2) is 180 Å². The van der Waals surface area contributed by atoms with Gasteiger partial charge in [-0.15, -0.1) is 6.42 Å². The van der Waals surface area contributed by atoms with Crippen molar-refractivity contribution in [1.82, 2.24) is 0 Å². The maximum absolute atomic E-state index is 6.13. The molecule has 270 valence electrons. The first-order valence-corrected chi connectivity index (χ1v) is 18.7. The molecule has 55 heavy (non-hydrogen) atoms. The Bertz CT molecular complexity index is 2300. The summed E-state index contributed by atoms with van der Waals surface area (Å²) in [5.41, 5.74) is 8.68. The van der Waals surface area contributed by atoms with Crippen molar-refractivity contribution >= 4 is 40.5 Å². The Morgan fingerprint density at radius 1 is 0.636 bits per heavy atom. The van der Waals surface area contributed by atoms with Gasteiger partial charge in [0.1, 0.15) is 24.0 Å². The van der Waals surface area contributed by atoms with Crippen LogP contribution in [0.25, 0.3) is 6.08 Å². The van der Waals surface area contributed by atoms with E-state index in [2.05, 4.69) is 107 Å². The molecule has 0 bridgehead atoms. The molecule has 0 N–H and O–H groups in total. The Kier molecular flexibility index (Phi) is 10.6. The molecule has 0 spiro atoms. The minimum absolute atomic E-state index is 0.204. The molecule has 8 rings (SSSR count). The molecular weight excluding hydrogens is 677 g/mol. The lowest BCUT2D eigenvalue weighted by molar-refractivity contribution is 0.0452. The molecule has 3 unspecified atom stereocenters. The molecule has 2 heterocycles. The van der Waals surface area contributed by atoms with Crippen molar-refractivity contribution in [2.75, 3.05) is 16.4 Å². The molecule has 6 aromatic carbocycles. The normalized spacial score (nSPS) is 18.2. The Morgan fingerprint density at radius 2 is 1.16 bits per heavy atom. The Hall–Kier alpha value is -6.68. The maximum Gasteiger partial charge on any atom is 0.152 e. The fourth-order valence-corrected chi connectivity index (χ4v) is 7.05. The van der Waals surface area contributed by atoms with Crippen molar-refractivity contribution in [2.24, 2.45) is 9.98 Å². The topological polar surface area (TPSA) is 49.7 Å². The van der Waals surface area contributed by atoms with Gasteiger partial charge < -0.3 is 19.3 Å². The SMILES string of the molecule is C#CC(COc1ccc(N2C(=Nc3ccc(C=C)cc3)CC2c2ccccc2)cc1)OCc1ccc(C2CC(=Nc3ccccc3)N2c2ccccc2)cc1. The first kappa shape index (κ1) is 35.4. The number of anilines is 2. The smallest absolute Gasteiger partial charge is 0.152 e. The molecule has 6 nitrogen and oxygen atoms in total. The Balaban J connectivity index is 0.881. The molecule has 2 fully saturated rings. The van der Waals surface area contributed by atoms with Gasteiger partial charge in [-0.25, -0.2) is 9.98 Å². The zero-order chi connectivity index (χ0) is 37.4. The van der Waals surface area contributed by atoms with E-state index in [4.69, 9.17) is 25.9 Å². The zero-order valence-electron chi connectivity index (χ0n) is 30.6. The highest BCUT2D eigenvalue weighted by Crippen LogP contribution is 2.42. The Morgan fingerprint density at radius 3 is 1.75 bits per heavy atom. The molecule has 6 heteroatoms. The van der Waals surface area contributed by atoms with Crippen LogP contribution in [0.4, 0.5) is 22.7 Å². The van der Waals surface area contributed by atoms with Gasteiger partial charge >= 0.3 is 0 Å². The number of nitrogens with zero attached hydrogens (tertiary/aromatic N) is 4. The van der Waals surface area contributed by atoms with Crippen molar-refractivity contribution in [3.8, 4) is 18.1 Å². The molecule has 2 aliphatic rings. The van der Waals surface area contributed by atoms with Gasteiger partial charge in [0, 0.05) is 24.2 Å². The monoisotopic (exact) mass is 718 g/mol. The van der Waals surface area contributed by atoms with Gasteiger partial charge in [-0.3, -0.25) is 0 Å². The highest BCUT2D eigenvalue weighted by atomic mass is 16.5. The number of hydrogen-bond donors (Lipinski definition) is 0. The van der Waals surface area contributed by atoms with Crippen LogP contribution in [0.5, 0.6) is 5.75 Å². The fourth-order valence-electron chi connectivity index (χ4n) is 7.05. The van der Waals surface area contributed by atoms with E-state index >= 15 is 0 Å². The minimum atomic E-state index is -0.500. The third-order valence-electron chi connectivity index (χ3n) is 10.1. The number of hydrogen-bond acceptors (Lipinski definition) is 4. The van der Waals surface area contributed by atoms with E-state index in [1.165, 1.54) is 11.1 Å². The number of ether oxygens (including phenoxy) is 2. The number of terminal acetylenes is 1. The second-order valence-corrected chi connectivity index (χ2v) is 13.6. The lowest BCUT2D eigenvalue weighted by Gasteiger charge is -2.44. The zero-order valence-corrected chi connectivity index (χ0v) is 30.6. The van der Waals surface area contributed by atoms with Crippen LogP contribution in [0, 0.1) is 12.3 Å². The molecule has 0 saturated carbocycles. The highest BCUT2D eigenvalue weighted by molar-refractivity contribution is 6.07. The van der Waals surface area contributed by atoms with Crippen LogP contribution in [0.2, 0.25) is 0 Å². The first-order chi connectivity index (χ1) is 27.1. The second-order valence-electron chi connectivity index (χ2n) is 13.6. The summed E-state index contributed by atoms with van der Waals surface area (Å²) < 4.78 is 12.3.